The van der Waals surface area contributed by atoms with E-state index in [-0.39, 0.29) is 31.0 Å². The molecule has 8 N–H and O–H groups in total. The predicted molar refractivity (Wildman–Crippen MR) is 143 cm³/mol. The molecular formula is C25H35N4O11P. The van der Waals surface area contributed by atoms with Gasteiger partial charge < -0.3 is 41.3 Å². The number of carboxylic acids is 2. The first-order valence-electron chi connectivity index (χ1n) is 12.9. The highest BCUT2D eigenvalue weighted by Gasteiger charge is 2.34. The van der Waals surface area contributed by atoms with Crippen molar-refractivity contribution in [3.8, 4) is 0 Å². The van der Waals surface area contributed by atoms with Gasteiger partial charge in [-0.05, 0) is 36.5 Å². The first-order chi connectivity index (χ1) is 19.1. The number of carboxylic acid groups (broad SMARTS) is 2. The number of carbonyl (C=O) groups excluding carboxylic acids is 4. The molecule has 0 aromatic heterocycles. The molecule has 1 aliphatic rings. The molecule has 226 valence electrons. The average molecular weight is 599 g/mol. The summed E-state index contributed by atoms with van der Waals surface area (Å²) < 4.78 is 11.3. The molecule has 0 spiro atoms. The van der Waals surface area contributed by atoms with Gasteiger partial charge in [-0.25, -0.2) is 4.79 Å². The molecule has 0 bridgehead atoms. The number of carbonyl (C=O) groups is 6. The molecule has 0 radical (unpaired) electrons. The third-order valence-corrected chi connectivity index (χ3v) is 7.68. The Bertz CT molecular complexity index is 1200. The quantitative estimate of drug-likeness (QED) is 0.111. The van der Waals surface area contributed by atoms with Crippen LogP contribution in [-0.4, -0.2) is 79.7 Å². The van der Waals surface area contributed by atoms with Gasteiger partial charge in [0.1, 0.15) is 24.2 Å². The van der Waals surface area contributed by atoms with E-state index >= 15 is 0 Å². The molecule has 2 rings (SSSR count). The van der Waals surface area contributed by atoms with Crippen molar-refractivity contribution in [3.63, 3.8) is 0 Å². The average Bonchev–Trinajstić information content (AvgIpc) is 2.89. The molecule has 1 aromatic rings. The number of piperazine rings is 1. The fraction of sp³-hybridized carbons (Fsp3) is 0.520. The van der Waals surface area contributed by atoms with Crippen molar-refractivity contribution in [1.29, 1.82) is 0 Å². The molecule has 1 aromatic carbocycles. The van der Waals surface area contributed by atoms with Gasteiger partial charge in [0.15, 0.2) is 0 Å². The lowest BCUT2D eigenvalue weighted by Crippen LogP contribution is -2.62. The summed E-state index contributed by atoms with van der Waals surface area (Å²) in [5.74, 6) is -5.57. The second kappa shape index (κ2) is 14.7. The zero-order valence-corrected chi connectivity index (χ0v) is 23.4. The highest BCUT2D eigenvalue weighted by atomic mass is 31.2. The normalized spacial score (nSPS) is 19.2. The largest absolute Gasteiger partial charge is 0.481 e. The van der Waals surface area contributed by atoms with Crippen LogP contribution in [-0.2, 0) is 39.8 Å². The van der Waals surface area contributed by atoms with Crippen molar-refractivity contribution < 1.29 is 53.3 Å². The van der Waals surface area contributed by atoms with Gasteiger partial charge in [0, 0.05) is 19.3 Å². The van der Waals surface area contributed by atoms with E-state index in [2.05, 4.69) is 21.3 Å². The second-order valence-electron chi connectivity index (χ2n) is 9.84. The van der Waals surface area contributed by atoms with Gasteiger partial charge in [0.05, 0.1) is 5.30 Å². The predicted octanol–water partition coefficient (Wildman–Crippen LogP) is -1.24. The number of aliphatic carboxylic acids is 2. The van der Waals surface area contributed by atoms with E-state index < -0.39 is 79.7 Å². The topological polar surface area (TPSA) is 249 Å². The van der Waals surface area contributed by atoms with Gasteiger partial charge in [-0.2, -0.15) is 0 Å². The van der Waals surface area contributed by atoms with E-state index in [1.165, 1.54) is 24.3 Å². The summed E-state index contributed by atoms with van der Waals surface area (Å²) in [4.78, 5) is 91.5. The van der Waals surface area contributed by atoms with Crippen molar-refractivity contribution in [2.75, 3.05) is 0 Å². The number of nitrogens with one attached hydrogen (secondary N) is 4. The maximum atomic E-state index is 12.7. The molecule has 16 heteroatoms. The monoisotopic (exact) mass is 598 g/mol. The number of amides is 4. The number of rotatable bonds is 15. The summed E-state index contributed by atoms with van der Waals surface area (Å²) in [6.07, 6.45) is -0.702. The summed E-state index contributed by atoms with van der Waals surface area (Å²) in [6.45, 7) is 3.37. The second-order valence-corrected chi connectivity index (χ2v) is 11.4. The zero-order chi connectivity index (χ0) is 30.9. The Hall–Kier alpha value is -3.81. The fourth-order valence-corrected chi connectivity index (χ4v) is 4.64. The molecule has 2 unspecified atom stereocenters. The van der Waals surface area contributed by atoms with Gasteiger partial charge >= 0.3 is 19.5 Å². The molecule has 15 nitrogen and oxygen atoms in total. The molecule has 4 amide bonds. The van der Waals surface area contributed by atoms with E-state index in [1.807, 2.05) is 0 Å². The van der Waals surface area contributed by atoms with Crippen molar-refractivity contribution in [2.24, 2.45) is 5.92 Å². The first-order valence-corrected chi connectivity index (χ1v) is 14.5. The molecule has 5 atom stereocenters. The lowest BCUT2D eigenvalue weighted by molar-refractivity contribution is -0.144. The molecule has 1 aliphatic heterocycles. The molecule has 1 saturated heterocycles. The Labute approximate surface area is 235 Å². The summed E-state index contributed by atoms with van der Waals surface area (Å²) in [6, 6.07) is 0.744. The van der Waals surface area contributed by atoms with Gasteiger partial charge in [0.25, 0.3) is 0 Å². The third-order valence-electron chi connectivity index (χ3n) is 6.71. The number of hydrogen-bond donors (Lipinski definition) is 8. The van der Waals surface area contributed by atoms with Crippen LogP contribution in [0.15, 0.2) is 24.3 Å². The van der Waals surface area contributed by atoms with Gasteiger partial charge in [-0.15, -0.1) is 0 Å². The van der Waals surface area contributed by atoms with Crippen LogP contribution in [0.3, 0.4) is 0 Å². The minimum Gasteiger partial charge on any atom is -0.481 e. The van der Waals surface area contributed by atoms with Crippen LogP contribution in [0.5, 0.6) is 0 Å². The van der Waals surface area contributed by atoms with Crippen LogP contribution >= 0.6 is 7.60 Å². The Morgan fingerprint density at radius 3 is 2.07 bits per heavy atom. The van der Waals surface area contributed by atoms with E-state index in [1.54, 1.807) is 13.8 Å². The minimum atomic E-state index is -4.42. The Kier molecular flexibility index (Phi) is 12.0. The number of hydrogen-bond acceptors (Lipinski definition) is 7. The minimum absolute atomic E-state index is 0.0561. The van der Waals surface area contributed by atoms with Crippen LogP contribution in [0.2, 0.25) is 0 Å². The maximum Gasteiger partial charge on any atom is 0.356 e. The van der Waals surface area contributed by atoms with Crippen LogP contribution in [0, 0.1) is 5.92 Å². The van der Waals surface area contributed by atoms with Gasteiger partial charge in [0.2, 0.25) is 23.6 Å². The molecule has 0 aliphatic carbocycles. The first kappa shape index (κ1) is 33.4. The molecule has 1 fully saturated rings. The zero-order valence-electron chi connectivity index (χ0n) is 22.5. The van der Waals surface area contributed by atoms with Crippen LogP contribution < -0.4 is 26.6 Å². The van der Waals surface area contributed by atoms with Crippen LogP contribution in [0.4, 0.5) is 0 Å². The van der Waals surface area contributed by atoms with Crippen molar-refractivity contribution in [3.05, 3.63) is 29.8 Å². The Balaban J connectivity index is 1.95. The lowest BCUT2D eigenvalue weighted by atomic mass is 9.98. The highest BCUT2D eigenvalue weighted by molar-refractivity contribution is 7.60. The number of benzene rings is 1. The van der Waals surface area contributed by atoms with E-state index in [0.717, 1.165) is 0 Å². The SMILES string of the molecule is CCC(C)[C@H](NC(=O)[C@H](CCC(=O)O)NC(=O)CC[C@@H]1NC(=O)C(Cc2ccc(P(=O)(O)O)cc2)NC1=O)C(=O)O. The van der Waals surface area contributed by atoms with E-state index in [9.17, 15) is 48.2 Å². The summed E-state index contributed by atoms with van der Waals surface area (Å²) in [7, 11) is -4.42. The van der Waals surface area contributed by atoms with E-state index in [0.29, 0.717) is 12.0 Å². The van der Waals surface area contributed by atoms with Crippen molar-refractivity contribution in [2.45, 2.75) is 76.5 Å². The molecule has 1 heterocycles. The Morgan fingerprint density at radius 1 is 0.951 bits per heavy atom. The summed E-state index contributed by atoms with van der Waals surface area (Å²) >= 11 is 0. The summed E-state index contributed by atoms with van der Waals surface area (Å²) in [5, 5.41) is 28.1. The lowest BCUT2D eigenvalue weighted by Gasteiger charge is -2.30. The van der Waals surface area contributed by atoms with Crippen molar-refractivity contribution >= 4 is 48.5 Å². The smallest absolute Gasteiger partial charge is 0.356 e. The Morgan fingerprint density at radius 2 is 1.54 bits per heavy atom. The van der Waals surface area contributed by atoms with E-state index in [4.69, 9.17) is 5.11 Å². The highest BCUT2D eigenvalue weighted by Crippen LogP contribution is 2.32. The molecule has 0 saturated carbocycles. The van der Waals surface area contributed by atoms with Crippen molar-refractivity contribution in [1.82, 2.24) is 21.3 Å². The fourth-order valence-electron chi connectivity index (χ4n) is 4.10. The maximum absolute atomic E-state index is 12.7. The summed E-state index contributed by atoms with van der Waals surface area (Å²) in [5.41, 5.74) is 0.546. The molecule has 41 heavy (non-hydrogen) atoms. The van der Waals surface area contributed by atoms with Gasteiger partial charge in [-0.3, -0.25) is 28.5 Å². The molecular weight excluding hydrogens is 563 g/mol. The van der Waals surface area contributed by atoms with Crippen LogP contribution in [0.25, 0.3) is 0 Å². The third kappa shape index (κ3) is 10.3. The standard InChI is InChI=1S/C25H35N4O11P/c1-3-13(2)21(25(36)37)29-23(34)16(9-11-20(31)32)26-19(30)10-8-17-22(33)28-18(24(35)27-17)12-14-4-6-15(7-5-14)41(38,39)40/h4-7,13,16-18,21H,3,8-12H2,1-2H3,(H,26,30)(H,27,35)(H,28,33)(H,29,34)(H,31,32)(H,36,37)(H2,38,39,40)/t13?,16-,17-,18?,21-/m0/s1. The van der Waals surface area contributed by atoms with Gasteiger partial charge in [-0.1, -0.05) is 32.4 Å². The van der Waals surface area contributed by atoms with Crippen LogP contribution in [0.1, 0.15) is 51.5 Å².